The zero-order valence-electron chi connectivity index (χ0n) is 13.1. The van der Waals surface area contributed by atoms with Gasteiger partial charge in [0, 0.05) is 17.8 Å². The number of nitrogens with zero attached hydrogens (tertiary/aromatic N) is 2. The van der Waals surface area contributed by atoms with Crippen molar-refractivity contribution in [3.63, 3.8) is 0 Å². The van der Waals surface area contributed by atoms with Crippen molar-refractivity contribution in [2.75, 3.05) is 0 Å². The third kappa shape index (κ3) is 3.80. The lowest BCUT2D eigenvalue weighted by Crippen LogP contribution is -2.44. The highest BCUT2D eigenvalue weighted by Gasteiger charge is 2.41. The molecular formula is C17H20BrN3O2. The molecule has 23 heavy (non-hydrogen) atoms. The molecule has 0 radical (unpaired) electrons. The molecule has 0 unspecified atom stereocenters. The van der Waals surface area contributed by atoms with Crippen LogP contribution in [0.25, 0.3) is 0 Å². The van der Waals surface area contributed by atoms with Gasteiger partial charge in [0.05, 0.1) is 0 Å². The van der Waals surface area contributed by atoms with Crippen LogP contribution in [0.5, 0.6) is 0 Å². The first kappa shape index (κ1) is 16.2. The molecule has 1 aliphatic carbocycles. The molecule has 1 aromatic carbocycles. The topological polar surface area (TPSA) is 68.0 Å². The van der Waals surface area contributed by atoms with Crippen LogP contribution in [0, 0.1) is 6.92 Å². The molecule has 3 rings (SSSR count). The van der Waals surface area contributed by atoms with E-state index in [1.807, 2.05) is 24.3 Å². The second-order valence-corrected chi connectivity index (χ2v) is 7.02. The highest BCUT2D eigenvalue weighted by atomic mass is 79.9. The molecule has 1 heterocycles. The molecule has 2 aromatic rings. The zero-order chi connectivity index (χ0) is 16.3. The summed E-state index contributed by atoms with van der Waals surface area (Å²) in [6.45, 7) is 1.77. The summed E-state index contributed by atoms with van der Waals surface area (Å²) in [6.07, 6.45) is 5.05. The van der Waals surface area contributed by atoms with Gasteiger partial charge < -0.3 is 9.84 Å². The molecule has 1 N–H and O–H groups in total. The number of carbonyl (C=O) groups excluding carboxylic acids is 1. The summed E-state index contributed by atoms with van der Waals surface area (Å²) < 4.78 is 6.14. The lowest BCUT2D eigenvalue weighted by Gasteiger charge is -2.26. The number of benzene rings is 1. The number of hydrogen-bond donors (Lipinski definition) is 1. The lowest BCUT2D eigenvalue weighted by molar-refractivity contribution is -0.123. The number of amides is 1. The second kappa shape index (κ2) is 6.83. The van der Waals surface area contributed by atoms with Gasteiger partial charge >= 0.3 is 0 Å². The smallest absolute Gasteiger partial charge is 0.223 e. The molecule has 1 aromatic heterocycles. The molecule has 0 aliphatic heterocycles. The number of carbonyl (C=O) groups is 1. The van der Waals surface area contributed by atoms with E-state index in [9.17, 15) is 4.79 Å². The quantitative estimate of drug-likeness (QED) is 0.862. The number of halogens is 1. The number of nitrogens with one attached hydrogen (secondary N) is 1. The SMILES string of the molecule is Cc1nc(C2(NC(=O)CCc3cccc(Br)c3)CCCC2)no1. The molecule has 0 saturated heterocycles. The molecule has 0 bridgehead atoms. The number of hydrogen-bond acceptors (Lipinski definition) is 4. The van der Waals surface area contributed by atoms with Crippen molar-refractivity contribution in [3.05, 3.63) is 46.0 Å². The van der Waals surface area contributed by atoms with Crippen LogP contribution in [-0.2, 0) is 16.8 Å². The zero-order valence-corrected chi connectivity index (χ0v) is 14.7. The van der Waals surface area contributed by atoms with E-state index in [1.54, 1.807) is 6.92 Å². The molecular weight excluding hydrogens is 358 g/mol. The van der Waals surface area contributed by atoms with Gasteiger partial charge in [-0.1, -0.05) is 46.1 Å². The van der Waals surface area contributed by atoms with Gasteiger partial charge in [0.1, 0.15) is 5.54 Å². The molecule has 5 nitrogen and oxygen atoms in total. The predicted octanol–water partition coefficient (Wildman–Crippen LogP) is 3.66. The summed E-state index contributed by atoms with van der Waals surface area (Å²) in [5.41, 5.74) is 0.692. The van der Waals surface area contributed by atoms with Crippen molar-refractivity contribution in [1.29, 1.82) is 0 Å². The fourth-order valence-corrected chi connectivity index (χ4v) is 3.60. The summed E-state index contributed by atoms with van der Waals surface area (Å²) in [6, 6.07) is 8.04. The Labute approximate surface area is 144 Å². The van der Waals surface area contributed by atoms with Crippen LogP contribution in [-0.4, -0.2) is 16.0 Å². The first-order chi connectivity index (χ1) is 11.1. The van der Waals surface area contributed by atoms with E-state index in [2.05, 4.69) is 31.4 Å². The standard InChI is InChI=1S/C17H20BrN3O2/c1-12-19-16(21-23-12)17(9-2-3-10-17)20-15(22)8-7-13-5-4-6-14(18)11-13/h4-6,11H,2-3,7-10H2,1H3,(H,20,22). The van der Waals surface area contributed by atoms with Gasteiger partial charge in [0.2, 0.25) is 11.8 Å². The minimum absolute atomic E-state index is 0.0364. The third-order valence-electron chi connectivity index (χ3n) is 4.32. The van der Waals surface area contributed by atoms with E-state index < -0.39 is 5.54 Å². The molecule has 0 atom stereocenters. The van der Waals surface area contributed by atoms with Crippen molar-refractivity contribution in [1.82, 2.24) is 15.5 Å². The van der Waals surface area contributed by atoms with Gasteiger partial charge in [0.15, 0.2) is 5.82 Å². The van der Waals surface area contributed by atoms with Crippen molar-refractivity contribution < 1.29 is 9.32 Å². The molecule has 122 valence electrons. The van der Waals surface area contributed by atoms with E-state index in [4.69, 9.17) is 4.52 Å². The second-order valence-electron chi connectivity index (χ2n) is 6.10. The first-order valence-corrected chi connectivity index (χ1v) is 8.73. The van der Waals surface area contributed by atoms with Crippen molar-refractivity contribution in [3.8, 4) is 0 Å². The Morgan fingerprint density at radius 3 is 2.83 bits per heavy atom. The average Bonchev–Trinajstić information content (AvgIpc) is 3.15. The number of rotatable bonds is 5. The van der Waals surface area contributed by atoms with Crippen LogP contribution in [0.4, 0.5) is 0 Å². The van der Waals surface area contributed by atoms with Crippen LogP contribution in [0.2, 0.25) is 0 Å². The van der Waals surface area contributed by atoms with Crippen LogP contribution in [0.3, 0.4) is 0 Å². The van der Waals surface area contributed by atoms with Gasteiger partial charge in [-0.3, -0.25) is 4.79 Å². The van der Waals surface area contributed by atoms with Gasteiger partial charge in [-0.25, -0.2) is 0 Å². The Kier molecular flexibility index (Phi) is 4.80. The minimum Gasteiger partial charge on any atom is -0.343 e. The van der Waals surface area contributed by atoms with E-state index >= 15 is 0 Å². The average molecular weight is 378 g/mol. The Bertz CT molecular complexity index is 693. The first-order valence-electron chi connectivity index (χ1n) is 7.94. The molecule has 1 saturated carbocycles. The molecule has 1 fully saturated rings. The van der Waals surface area contributed by atoms with Gasteiger partial charge in [-0.2, -0.15) is 4.98 Å². The van der Waals surface area contributed by atoms with Gasteiger partial charge in [-0.05, 0) is 37.0 Å². The fourth-order valence-electron chi connectivity index (χ4n) is 3.16. The Balaban J connectivity index is 1.65. The fraction of sp³-hybridized carbons (Fsp3) is 0.471. The molecule has 1 amide bonds. The van der Waals surface area contributed by atoms with E-state index in [-0.39, 0.29) is 5.91 Å². The number of aromatic nitrogens is 2. The molecule has 1 aliphatic rings. The van der Waals surface area contributed by atoms with Gasteiger partial charge in [-0.15, -0.1) is 0 Å². The normalized spacial score (nSPS) is 16.4. The maximum atomic E-state index is 12.4. The summed E-state index contributed by atoms with van der Waals surface area (Å²) >= 11 is 3.45. The summed E-state index contributed by atoms with van der Waals surface area (Å²) in [5.74, 6) is 1.19. The van der Waals surface area contributed by atoms with Crippen LogP contribution in [0.1, 0.15) is 49.4 Å². The van der Waals surface area contributed by atoms with Crippen LogP contribution < -0.4 is 5.32 Å². The maximum absolute atomic E-state index is 12.4. The van der Waals surface area contributed by atoms with E-state index in [0.29, 0.717) is 24.6 Å². The predicted molar refractivity (Wildman–Crippen MR) is 89.8 cm³/mol. The van der Waals surface area contributed by atoms with E-state index in [1.165, 1.54) is 0 Å². The Hall–Kier alpha value is -1.69. The summed E-state index contributed by atoms with van der Waals surface area (Å²) in [7, 11) is 0. The highest BCUT2D eigenvalue weighted by Crippen LogP contribution is 2.37. The Morgan fingerprint density at radius 2 is 2.17 bits per heavy atom. The third-order valence-corrected chi connectivity index (χ3v) is 4.81. The van der Waals surface area contributed by atoms with Gasteiger partial charge in [0.25, 0.3) is 0 Å². The maximum Gasteiger partial charge on any atom is 0.223 e. The monoisotopic (exact) mass is 377 g/mol. The van der Waals surface area contributed by atoms with E-state index in [0.717, 1.165) is 35.7 Å². The molecule has 0 spiro atoms. The van der Waals surface area contributed by atoms with Crippen molar-refractivity contribution in [2.24, 2.45) is 0 Å². The molecule has 6 heteroatoms. The van der Waals surface area contributed by atoms with Crippen molar-refractivity contribution in [2.45, 2.75) is 51.0 Å². The Morgan fingerprint density at radius 1 is 1.39 bits per heavy atom. The highest BCUT2D eigenvalue weighted by molar-refractivity contribution is 9.10. The minimum atomic E-state index is -0.452. The largest absolute Gasteiger partial charge is 0.343 e. The van der Waals surface area contributed by atoms with Crippen LogP contribution in [0.15, 0.2) is 33.3 Å². The van der Waals surface area contributed by atoms with Crippen molar-refractivity contribution >= 4 is 21.8 Å². The summed E-state index contributed by atoms with van der Waals surface area (Å²) in [4.78, 5) is 16.8. The summed E-state index contributed by atoms with van der Waals surface area (Å²) in [5, 5.41) is 7.22. The van der Waals surface area contributed by atoms with Crippen LogP contribution >= 0.6 is 15.9 Å². The number of aryl methyl sites for hydroxylation is 2. The lowest BCUT2D eigenvalue weighted by atomic mass is 9.96.